The maximum atomic E-state index is 13.9. The number of benzene rings is 2. The van der Waals surface area contributed by atoms with Crippen LogP contribution < -0.4 is 19.7 Å². The summed E-state index contributed by atoms with van der Waals surface area (Å²) in [5.74, 6) is 0.706. The topological polar surface area (TPSA) is 176 Å². The molecule has 1 spiro atoms. The van der Waals surface area contributed by atoms with Crippen molar-refractivity contribution in [3.63, 3.8) is 0 Å². The quantitative estimate of drug-likeness (QED) is 0.0760. The van der Waals surface area contributed by atoms with Gasteiger partial charge >= 0.3 is 5.69 Å². The van der Waals surface area contributed by atoms with Crippen LogP contribution in [-0.4, -0.2) is 71.3 Å². The number of likely N-dealkylation sites (tertiary alicyclic amines) is 1. The van der Waals surface area contributed by atoms with Crippen molar-refractivity contribution in [1.29, 1.82) is 0 Å². The van der Waals surface area contributed by atoms with Crippen LogP contribution in [0, 0.1) is 21.4 Å². The number of anilines is 2. The van der Waals surface area contributed by atoms with E-state index in [1.165, 1.54) is 51.5 Å². The summed E-state index contributed by atoms with van der Waals surface area (Å²) >= 11 is 0. The molecular weight excluding hydrogens is 805 g/mol. The lowest BCUT2D eigenvalue weighted by Gasteiger charge is -2.55. The molecule has 5 fully saturated rings. The first-order valence-electron chi connectivity index (χ1n) is 22.4. The first-order valence-corrected chi connectivity index (χ1v) is 23.9. The van der Waals surface area contributed by atoms with Crippen molar-refractivity contribution in [2.45, 2.75) is 106 Å². The summed E-state index contributed by atoms with van der Waals surface area (Å²) in [5.41, 5.74) is 4.42. The van der Waals surface area contributed by atoms with E-state index >= 15 is 0 Å². The fourth-order valence-electron chi connectivity index (χ4n) is 10.8. The second-order valence-corrected chi connectivity index (χ2v) is 20.1. The van der Waals surface area contributed by atoms with Gasteiger partial charge in [-0.2, -0.15) is 0 Å². The predicted molar refractivity (Wildman–Crippen MR) is 237 cm³/mol. The number of hydrogen-bond acceptors (Lipinski definition) is 11. The Morgan fingerprint density at radius 3 is 2.47 bits per heavy atom. The first-order chi connectivity index (χ1) is 30.1. The number of ether oxygens (including phenoxy) is 1. The van der Waals surface area contributed by atoms with E-state index in [9.17, 15) is 23.3 Å². The Morgan fingerprint density at radius 2 is 1.69 bits per heavy atom. The number of pyridine rings is 2. The van der Waals surface area contributed by atoms with Gasteiger partial charge < -0.3 is 19.9 Å². The van der Waals surface area contributed by atoms with Crippen molar-refractivity contribution < 1.29 is 22.9 Å². The van der Waals surface area contributed by atoms with Crippen LogP contribution in [0.5, 0.6) is 11.5 Å². The smallest absolute Gasteiger partial charge is 0.312 e. The molecule has 1 amide bonds. The predicted octanol–water partition coefficient (Wildman–Crippen LogP) is 9.23. The van der Waals surface area contributed by atoms with E-state index < -0.39 is 31.4 Å². The Kier molecular flexibility index (Phi) is 10.9. The number of nitrogens with one attached hydrogen (secondary N) is 3. The van der Waals surface area contributed by atoms with E-state index in [0.717, 1.165) is 80.9 Å². The summed E-state index contributed by atoms with van der Waals surface area (Å²) < 4.78 is 35.8. The zero-order valence-corrected chi connectivity index (χ0v) is 35.7. The number of fused-ring (bicyclic) bond motifs is 1. The minimum Gasteiger partial charge on any atom is -0.455 e. The highest BCUT2D eigenvalue weighted by atomic mass is 32.2. The number of carbonyl (C=O) groups is 1. The SMILES string of the molecule is O=C(NS(=O)(=O)c1cnc(NCC2CCCCC2)c([N+](=O)[O-])c1)c1ccc(N2CC3(CCC(N4CCC[C@H]4c4ccccc4C4CC4)CC3)C2)cc1Oc1cnc2[nH]ccc2c1. The third-order valence-corrected chi connectivity index (χ3v) is 15.5. The summed E-state index contributed by atoms with van der Waals surface area (Å²) in [6, 6.07) is 20.1. The van der Waals surface area contributed by atoms with E-state index in [4.69, 9.17) is 4.74 Å². The van der Waals surface area contributed by atoms with E-state index in [1.807, 2.05) is 12.1 Å². The van der Waals surface area contributed by atoms with Gasteiger partial charge in [0.15, 0.2) is 0 Å². The average Bonchev–Trinajstić information content (AvgIpc) is 3.81. The number of nitrogens with zero attached hydrogens (tertiary/aromatic N) is 5. The molecule has 3 N–H and O–H groups in total. The molecule has 5 aliphatic rings. The molecule has 2 aliphatic heterocycles. The molecular formula is C47H54N8O6S. The molecule has 10 rings (SSSR count). The molecule has 0 bridgehead atoms. The zero-order chi connectivity index (χ0) is 42.4. The van der Waals surface area contributed by atoms with Crippen molar-refractivity contribution >= 4 is 44.2 Å². The second-order valence-electron chi connectivity index (χ2n) is 18.4. The number of hydrogen-bond donors (Lipinski definition) is 3. The maximum absolute atomic E-state index is 13.9. The number of amides is 1. The number of aromatic nitrogens is 3. The lowest BCUT2D eigenvalue weighted by atomic mass is 9.67. The second kappa shape index (κ2) is 16.6. The molecule has 1 atom stereocenters. The number of H-pyrrole nitrogens is 1. The average molecular weight is 859 g/mol. The van der Waals surface area contributed by atoms with Gasteiger partial charge in [-0.3, -0.25) is 19.8 Å². The van der Waals surface area contributed by atoms with E-state index in [0.29, 0.717) is 35.9 Å². The van der Waals surface area contributed by atoms with Crippen LogP contribution in [0.15, 0.2) is 84.1 Å². The largest absolute Gasteiger partial charge is 0.455 e. The van der Waals surface area contributed by atoms with Crippen molar-refractivity contribution in [3.05, 3.63) is 106 Å². The van der Waals surface area contributed by atoms with Gasteiger partial charge in [0.1, 0.15) is 22.0 Å². The number of aromatic amines is 1. The standard InChI is InChI=1S/C47H54N8O6S/c56-46(52-62(59,60)37-25-42(55(57)58)45(51-28-37)49-26-31-7-2-1-3-8-31)40-15-14-35(24-43(40)61-36-23-33-18-21-48-44(33)50-27-36)53-29-47(30-53)19-16-34(17-20-47)54-22-6-11-41(54)39-10-5-4-9-38(39)32-12-13-32/h4-5,9-10,14-15,18,21,23-25,27-28,31-32,34,41H,1-3,6-8,11-13,16-17,19-20,22,26,29-30H2,(H,48,50)(H,49,51)(H,52,56)/t41-/m0/s1. The molecule has 5 heterocycles. The number of carbonyl (C=O) groups excluding carboxylic acids is 1. The summed E-state index contributed by atoms with van der Waals surface area (Å²) in [6.45, 7) is 3.46. The summed E-state index contributed by atoms with van der Waals surface area (Å²) in [7, 11) is -4.58. The van der Waals surface area contributed by atoms with Gasteiger partial charge in [-0.25, -0.2) is 23.1 Å². The third kappa shape index (κ3) is 8.24. The van der Waals surface area contributed by atoms with Crippen LogP contribution in [0.25, 0.3) is 11.0 Å². The maximum Gasteiger partial charge on any atom is 0.312 e. The van der Waals surface area contributed by atoms with Crippen LogP contribution in [0.1, 0.15) is 117 Å². The van der Waals surface area contributed by atoms with Crippen LogP contribution in [-0.2, 0) is 10.0 Å². The molecule has 15 heteroatoms. The number of rotatable bonds is 13. The Labute approximate surface area is 362 Å². The van der Waals surface area contributed by atoms with E-state index in [2.05, 4.69) is 59.1 Å². The van der Waals surface area contributed by atoms with Crippen molar-refractivity contribution in [2.75, 3.05) is 36.4 Å². The molecule has 14 nitrogen and oxygen atoms in total. The summed E-state index contributed by atoms with van der Waals surface area (Å²) in [4.78, 5) is 41.6. The Morgan fingerprint density at radius 1 is 0.903 bits per heavy atom. The molecule has 2 aromatic carbocycles. The highest BCUT2D eigenvalue weighted by molar-refractivity contribution is 7.90. The van der Waals surface area contributed by atoms with Crippen molar-refractivity contribution in [2.24, 2.45) is 11.3 Å². The lowest BCUT2D eigenvalue weighted by molar-refractivity contribution is -0.384. The highest BCUT2D eigenvalue weighted by Crippen LogP contribution is 2.51. The van der Waals surface area contributed by atoms with Gasteiger partial charge in [-0.05, 0) is 118 Å². The fraction of sp³-hybridized carbons (Fsp3) is 0.468. The van der Waals surface area contributed by atoms with E-state index in [-0.39, 0.29) is 22.5 Å². The van der Waals surface area contributed by atoms with Gasteiger partial charge in [-0.1, -0.05) is 43.5 Å². The molecule has 3 aliphatic carbocycles. The molecule has 5 aromatic rings. The molecule has 0 radical (unpaired) electrons. The molecule has 2 saturated heterocycles. The van der Waals surface area contributed by atoms with Gasteiger partial charge in [0, 0.05) is 66.5 Å². The monoisotopic (exact) mass is 858 g/mol. The summed E-state index contributed by atoms with van der Waals surface area (Å²) in [6.07, 6.45) is 19.6. The third-order valence-electron chi connectivity index (χ3n) is 14.2. The highest BCUT2D eigenvalue weighted by Gasteiger charge is 2.47. The number of nitro groups is 1. The fourth-order valence-corrected chi connectivity index (χ4v) is 11.7. The number of sulfonamides is 1. The molecule has 324 valence electrons. The molecule has 0 unspecified atom stereocenters. The van der Waals surface area contributed by atoms with Crippen LogP contribution in [0.2, 0.25) is 0 Å². The normalized spacial score (nSPS) is 20.9. The lowest BCUT2D eigenvalue weighted by Crippen LogP contribution is -2.59. The van der Waals surface area contributed by atoms with Gasteiger partial charge in [0.2, 0.25) is 5.82 Å². The molecule has 3 aromatic heterocycles. The minimum atomic E-state index is -4.58. The van der Waals surface area contributed by atoms with Crippen molar-refractivity contribution in [3.8, 4) is 11.5 Å². The molecule has 62 heavy (non-hydrogen) atoms. The summed E-state index contributed by atoms with van der Waals surface area (Å²) in [5, 5.41) is 15.9. The van der Waals surface area contributed by atoms with Gasteiger partial charge in [0.25, 0.3) is 15.9 Å². The Bertz CT molecular complexity index is 2590. The molecule has 3 saturated carbocycles. The first kappa shape index (κ1) is 40.5. The van der Waals surface area contributed by atoms with Gasteiger partial charge in [-0.15, -0.1) is 0 Å². The van der Waals surface area contributed by atoms with Crippen LogP contribution >= 0.6 is 0 Å². The zero-order valence-electron chi connectivity index (χ0n) is 34.9. The Balaban J connectivity index is 0.840. The van der Waals surface area contributed by atoms with Crippen LogP contribution in [0.3, 0.4) is 0 Å². The van der Waals surface area contributed by atoms with Gasteiger partial charge in [0.05, 0.1) is 22.9 Å². The van der Waals surface area contributed by atoms with E-state index in [1.54, 1.807) is 41.7 Å². The minimum absolute atomic E-state index is 0.00326. The Hall–Kier alpha value is -5.54. The van der Waals surface area contributed by atoms with Crippen molar-refractivity contribution in [1.82, 2.24) is 24.6 Å². The van der Waals surface area contributed by atoms with Crippen LogP contribution in [0.4, 0.5) is 17.2 Å².